The second-order valence-electron chi connectivity index (χ2n) is 8.28. The fourth-order valence-corrected chi connectivity index (χ4v) is 3.72. The molecule has 1 amide bonds. The van der Waals surface area contributed by atoms with Crippen molar-refractivity contribution in [1.82, 2.24) is 20.0 Å². The van der Waals surface area contributed by atoms with Crippen LogP contribution in [0.15, 0.2) is 29.1 Å². The first-order chi connectivity index (χ1) is 12.8. The Morgan fingerprint density at radius 1 is 1.15 bits per heavy atom. The van der Waals surface area contributed by atoms with Gasteiger partial charge >= 0.3 is 0 Å². The van der Waals surface area contributed by atoms with E-state index in [1.165, 1.54) is 23.9 Å². The van der Waals surface area contributed by atoms with Gasteiger partial charge in [0, 0.05) is 17.5 Å². The van der Waals surface area contributed by atoms with Gasteiger partial charge in [-0.3, -0.25) is 14.5 Å². The van der Waals surface area contributed by atoms with Crippen LogP contribution in [-0.2, 0) is 0 Å². The predicted molar refractivity (Wildman–Crippen MR) is 108 cm³/mol. The molecule has 0 spiro atoms. The van der Waals surface area contributed by atoms with E-state index in [4.69, 9.17) is 0 Å². The van der Waals surface area contributed by atoms with Crippen LogP contribution in [0.4, 0.5) is 0 Å². The largest absolute Gasteiger partial charge is 0.349 e. The first kappa shape index (κ1) is 19.5. The summed E-state index contributed by atoms with van der Waals surface area (Å²) in [5, 5.41) is 8.58. The van der Waals surface area contributed by atoms with Gasteiger partial charge in [-0.2, -0.15) is 5.10 Å². The average Bonchev–Trinajstić information content (AvgIpc) is 2.67. The first-order valence-corrected chi connectivity index (χ1v) is 9.86. The van der Waals surface area contributed by atoms with E-state index in [1.807, 2.05) is 26.0 Å². The number of fused-ring (bicyclic) bond motifs is 1. The van der Waals surface area contributed by atoms with Gasteiger partial charge in [-0.15, -0.1) is 0 Å². The summed E-state index contributed by atoms with van der Waals surface area (Å²) < 4.78 is 1.40. The summed E-state index contributed by atoms with van der Waals surface area (Å²) in [7, 11) is 0. The third-order valence-corrected chi connectivity index (χ3v) is 5.43. The van der Waals surface area contributed by atoms with Gasteiger partial charge in [-0.05, 0) is 59.7 Å². The minimum atomic E-state index is -0.231. The van der Waals surface area contributed by atoms with Crippen molar-refractivity contribution in [2.24, 2.45) is 0 Å². The van der Waals surface area contributed by atoms with Gasteiger partial charge in [0.2, 0.25) is 0 Å². The molecule has 0 bridgehead atoms. The highest BCUT2D eigenvalue weighted by Crippen LogP contribution is 2.20. The molecule has 1 fully saturated rings. The smallest absolute Gasteiger partial charge is 0.274 e. The number of nitrogens with zero attached hydrogens (tertiary/aromatic N) is 3. The van der Waals surface area contributed by atoms with Crippen LogP contribution in [0.1, 0.15) is 63.5 Å². The van der Waals surface area contributed by atoms with E-state index < -0.39 is 0 Å². The molecule has 2 aromatic rings. The quantitative estimate of drug-likeness (QED) is 0.879. The van der Waals surface area contributed by atoms with Crippen LogP contribution in [0.5, 0.6) is 0 Å². The lowest BCUT2D eigenvalue weighted by Crippen LogP contribution is -2.53. The van der Waals surface area contributed by atoms with Gasteiger partial charge < -0.3 is 5.32 Å². The second-order valence-corrected chi connectivity index (χ2v) is 8.28. The Hall–Kier alpha value is -2.21. The molecule has 1 aromatic carbocycles. The van der Waals surface area contributed by atoms with Crippen LogP contribution in [0.3, 0.4) is 0 Å². The summed E-state index contributed by atoms with van der Waals surface area (Å²) in [6.07, 6.45) is 3.71. The third-order valence-electron chi connectivity index (χ3n) is 5.43. The van der Waals surface area contributed by atoms with E-state index in [-0.39, 0.29) is 23.0 Å². The van der Waals surface area contributed by atoms with E-state index >= 15 is 0 Å². The number of nitrogens with one attached hydrogen (secondary N) is 1. The van der Waals surface area contributed by atoms with Crippen LogP contribution >= 0.6 is 0 Å². The molecule has 6 nitrogen and oxygen atoms in total. The van der Waals surface area contributed by atoms with Gasteiger partial charge in [-0.1, -0.05) is 24.6 Å². The van der Waals surface area contributed by atoms with E-state index in [1.54, 1.807) is 12.1 Å². The Bertz CT molecular complexity index is 879. The molecular formula is C21H30N4O2. The number of carbonyl (C=O) groups excluding carboxylic acids is 1. The van der Waals surface area contributed by atoms with E-state index in [2.05, 4.69) is 29.2 Å². The molecule has 146 valence electrons. The lowest BCUT2D eigenvalue weighted by atomic mass is 9.98. The zero-order valence-electron chi connectivity index (χ0n) is 16.8. The number of carbonyl (C=O) groups is 1. The van der Waals surface area contributed by atoms with Gasteiger partial charge in [0.05, 0.1) is 11.4 Å². The van der Waals surface area contributed by atoms with Gasteiger partial charge in [-0.25, -0.2) is 4.68 Å². The summed E-state index contributed by atoms with van der Waals surface area (Å²) in [6.45, 7) is 10.8. The minimum Gasteiger partial charge on any atom is -0.349 e. The van der Waals surface area contributed by atoms with Crippen LogP contribution in [-0.4, -0.2) is 45.8 Å². The molecule has 2 heterocycles. The van der Waals surface area contributed by atoms with Gasteiger partial charge in [0.15, 0.2) is 5.69 Å². The number of likely N-dealkylation sites (tertiary alicyclic amines) is 1. The fraction of sp³-hybridized carbons (Fsp3) is 0.571. The number of aromatic nitrogens is 2. The maximum atomic E-state index is 13.0. The topological polar surface area (TPSA) is 67.2 Å². The lowest BCUT2D eigenvalue weighted by molar-refractivity contribution is 0.0794. The molecule has 3 rings (SSSR count). The molecule has 0 saturated carbocycles. The first-order valence-electron chi connectivity index (χ1n) is 9.86. The van der Waals surface area contributed by atoms with Crippen molar-refractivity contribution >= 4 is 16.7 Å². The van der Waals surface area contributed by atoms with Crippen LogP contribution < -0.4 is 10.9 Å². The Kier molecular flexibility index (Phi) is 5.65. The maximum absolute atomic E-state index is 13.0. The molecule has 1 saturated heterocycles. The second kappa shape index (κ2) is 7.80. The molecule has 6 heteroatoms. The lowest BCUT2D eigenvalue weighted by Gasteiger charge is -2.41. The Morgan fingerprint density at radius 2 is 1.78 bits per heavy atom. The summed E-state index contributed by atoms with van der Waals surface area (Å²) in [5.74, 6) is -0.231. The zero-order valence-corrected chi connectivity index (χ0v) is 16.8. The molecule has 1 aliphatic rings. The monoisotopic (exact) mass is 370 g/mol. The van der Waals surface area contributed by atoms with Crippen LogP contribution in [0.25, 0.3) is 10.8 Å². The number of amides is 1. The third kappa shape index (κ3) is 4.05. The van der Waals surface area contributed by atoms with Crippen LogP contribution in [0, 0.1) is 0 Å². The number of benzene rings is 1. The normalized spacial score (nSPS) is 16.0. The summed E-state index contributed by atoms with van der Waals surface area (Å²) in [6, 6.07) is 7.08. The van der Waals surface area contributed by atoms with E-state index in [0.29, 0.717) is 23.0 Å². The van der Waals surface area contributed by atoms with Crippen molar-refractivity contribution in [2.75, 3.05) is 19.6 Å². The van der Waals surface area contributed by atoms with Gasteiger partial charge in [0.1, 0.15) is 0 Å². The van der Waals surface area contributed by atoms with Gasteiger partial charge in [0.25, 0.3) is 11.5 Å². The Balaban J connectivity index is 1.87. The highest BCUT2D eigenvalue weighted by Gasteiger charge is 2.29. The fourth-order valence-electron chi connectivity index (χ4n) is 3.72. The molecule has 0 radical (unpaired) electrons. The van der Waals surface area contributed by atoms with Crippen molar-refractivity contribution in [3.05, 3.63) is 40.3 Å². The average molecular weight is 370 g/mol. The van der Waals surface area contributed by atoms with Crippen molar-refractivity contribution < 1.29 is 4.79 Å². The van der Waals surface area contributed by atoms with Crippen molar-refractivity contribution in [3.8, 4) is 0 Å². The summed E-state index contributed by atoms with van der Waals surface area (Å²) >= 11 is 0. The number of rotatable bonds is 5. The minimum absolute atomic E-state index is 0.113. The predicted octanol–water partition coefficient (Wildman–Crippen LogP) is 2.97. The number of piperidine rings is 1. The summed E-state index contributed by atoms with van der Waals surface area (Å²) in [5.41, 5.74) is 0.0393. The molecule has 27 heavy (non-hydrogen) atoms. The van der Waals surface area contributed by atoms with Crippen molar-refractivity contribution in [1.29, 1.82) is 0 Å². The maximum Gasteiger partial charge on any atom is 0.274 e. The molecule has 1 N–H and O–H groups in total. The molecule has 0 unspecified atom stereocenters. The molecule has 0 aliphatic carbocycles. The molecule has 1 aliphatic heterocycles. The van der Waals surface area contributed by atoms with Crippen molar-refractivity contribution in [3.63, 3.8) is 0 Å². The SMILES string of the molecule is CC(C)n1nc(C(=O)NCC(C)(C)N2CCCCC2)c2ccccc2c1=O. The molecular weight excluding hydrogens is 340 g/mol. The molecule has 1 aromatic heterocycles. The zero-order chi connectivity index (χ0) is 19.6. The Labute approximate surface area is 160 Å². The molecule has 0 atom stereocenters. The van der Waals surface area contributed by atoms with Crippen molar-refractivity contribution in [2.45, 2.75) is 58.5 Å². The summed E-state index contributed by atoms with van der Waals surface area (Å²) in [4.78, 5) is 28.0. The highest BCUT2D eigenvalue weighted by atomic mass is 16.2. The standard InChI is InChI=1S/C21H30N4O2/c1-15(2)25-20(27)17-11-7-6-10-16(17)18(23-25)19(26)22-14-21(3,4)24-12-8-5-9-13-24/h6-7,10-11,15H,5,8-9,12-14H2,1-4H3,(H,22,26). The van der Waals surface area contributed by atoms with E-state index in [9.17, 15) is 9.59 Å². The van der Waals surface area contributed by atoms with E-state index in [0.717, 1.165) is 13.1 Å². The number of hydrogen-bond acceptors (Lipinski definition) is 4. The number of hydrogen-bond donors (Lipinski definition) is 1. The van der Waals surface area contributed by atoms with Crippen LogP contribution in [0.2, 0.25) is 0 Å². The Morgan fingerprint density at radius 3 is 2.41 bits per heavy atom. The highest BCUT2D eigenvalue weighted by molar-refractivity contribution is 6.04.